The number of carbonyl (C=O) groups is 1. The maximum absolute atomic E-state index is 11.9. The van der Waals surface area contributed by atoms with E-state index in [0.29, 0.717) is 12.3 Å². The molecule has 6 heteroatoms. The van der Waals surface area contributed by atoms with Crippen LogP contribution in [0, 0.1) is 6.92 Å². The van der Waals surface area contributed by atoms with Gasteiger partial charge >= 0.3 is 6.03 Å². The zero-order valence-electron chi connectivity index (χ0n) is 14.3. The lowest BCUT2D eigenvalue weighted by molar-refractivity contribution is 0.147. The molecule has 0 saturated carbocycles. The van der Waals surface area contributed by atoms with Crippen LogP contribution in [0.4, 0.5) is 4.79 Å². The van der Waals surface area contributed by atoms with E-state index in [2.05, 4.69) is 39.8 Å². The Morgan fingerprint density at radius 3 is 2.42 bits per heavy atom. The first-order valence-electron chi connectivity index (χ1n) is 7.93. The minimum Gasteiger partial charge on any atom is -0.467 e. The lowest BCUT2D eigenvalue weighted by Gasteiger charge is -2.25. The van der Waals surface area contributed by atoms with E-state index in [1.807, 2.05) is 21.0 Å². The van der Waals surface area contributed by atoms with Crippen molar-refractivity contribution in [3.8, 4) is 0 Å². The number of nitrogens with one attached hydrogen (secondary N) is 2. The smallest absolute Gasteiger partial charge is 0.314 e. The molecule has 1 aromatic heterocycles. The summed E-state index contributed by atoms with van der Waals surface area (Å²) in [7, 11) is 3.95. The first kappa shape index (κ1) is 18.0. The number of aryl methyl sites for hydroxylation is 1. The van der Waals surface area contributed by atoms with Crippen LogP contribution in [-0.4, -0.2) is 43.2 Å². The summed E-state index contributed by atoms with van der Waals surface area (Å²) in [5.41, 5.74) is 2.34. The topological polar surface area (TPSA) is 77.7 Å². The van der Waals surface area contributed by atoms with Gasteiger partial charge in [-0.3, -0.25) is 0 Å². The second kappa shape index (κ2) is 8.52. The van der Waals surface area contributed by atoms with Gasteiger partial charge < -0.3 is 25.1 Å². The Morgan fingerprint density at radius 2 is 1.83 bits per heavy atom. The normalized spacial score (nSPS) is 13.5. The fourth-order valence-corrected chi connectivity index (χ4v) is 2.41. The zero-order chi connectivity index (χ0) is 17.5. The third-order valence-electron chi connectivity index (χ3n) is 3.87. The van der Waals surface area contributed by atoms with Crippen molar-refractivity contribution in [1.82, 2.24) is 15.5 Å². The predicted octanol–water partition coefficient (Wildman–Crippen LogP) is 2.22. The molecule has 2 aromatic rings. The molecule has 2 amide bonds. The van der Waals surface area contributed by atoms with Gasteiger partial charge in [0.25, 0.3) is 0 Å². The summed E-state index contributed by atoms with van der Waals surface area (Å²) in [6, 6.07) is 11.4. The molecule has 130 valence electrons. The number of carbonyl (C=O) groups excluding carboxylic acids is 1. The van der Waals surface area contributed by atoms with Gasteiger partial charge in [-0.1, -0.05) is 29.8 Å². The molecule has 0 radical (unpaired) electrons. The van der Waals surface area contributed by atoms with Crippen LogP contribution in [-0.2, 0) is 0 Å². The predicted molar refractivity (Wildman–Crippen MR) is 92.7 cm³/mol. The minimum absolute atomic E-state index is 0.0753. The Morgan fingerprint density at radius 1 is 1.17 bits per heavy atom. The number of benzene rings is 1. The number of aliphatic hydroxyl groups excluding tert-OH is 1. The number of likely N-dealkylation sites (N-methyl/N-ethyl adjacent to an activating group) is 1. The number of aliphatic hydroxyl groups is 1. The first-order valence-corrected chi connectivity index (χ1v) is 7.93. The van der Waals surface area contributed by atoms with Crippen molar-refractivity contribution >= 4 is 6.03 Å². The van der Waals surface area contributed by atoms with Crippen LogP contribution in [0.15, 0.2) is 47.1 Å². The van der Waals surface area contributed by atoms with Crippen molar-refractivity contribution in [3.05, 3.63) is 59.5 Å². The highest BCUT2D eigenvalue weighted by atomic mass is 16.4. The average molecular weight is 331 g/mol. The number of nitrogens with zero attached hydrogens (tertiary/aromatic N) is 1. The Kier molecular flexibility index (Phi) is 6.40. The van der Waals surface area contributed by atoms with Crippen molar-refractivity contribution in [1.29, 1.82) is 0 Å². The first-order chi connectivity index (χ1) is 11.5. The van der Waals surface area contributed by atoms with Gasteiger partial charge in [0.1, 0.15) is 11.9 Å². The van der Waals surface area contributed by atoms with Gasteiger partial charge in [-0.25, -0.2) is 4.79 Å². The molecule has 6 nitrogen and oxygen atoms in total. The van der Waals surface area contributed by atoms with Crippen LogP contribution in [0.3, 0.4) is 0 Å². The fraction of sp³-hybridized carbons (Fsp3) is 0.389. The van der Waals surface area contributed by atoms with Crippen molar-refractivity contribution in [2.24, 2.45) is 0 Å². The van der Waals surface area contributed by atoms with Crippen LogP contribution >= 0.6 is 0 Å². The van der Waals surface area contributed by atoms with Crippen molar-refractivity contribution in [2.45, 2.75) is 19.1 Å². The molecule has 2 rings (SSSR count). The molecule has 2 unspecified atom stereocenters. The molecule has 0 aliphatic rings. The second-order valence-corrected chi connectivity index (χ2v) is 6.01. The van der Waals surface area contributed by atoms with Gasteiger partial charge in [0.05, 0.1) is 18.8 Å². The largest absolute Gasteiger partial charge is 0.467 e. The van der Waals surface area contributed by atoms with Crippen molar-refractivity contribution in [3.63, 3.8) is 0 Å². The van der Waals surface area contributed by atoms with Gasteiger partial charge in [0, 0.05) is 6.54 Å². The number of amides is 2. The highest BCUT2D eigenvalue weighted by Gasteiger charge is 2.16. The summed E-state index contributed by atoms with van der Waals surface area (Å²) in [4.78, 5) is 14.0. The molecule has 24 heavy (non-hydrogen) atoms. The standard InChI is InChI=1S/C18H25N3O3/c1-13-6-8-14(9-7-13)15(21(2)3)11-19-18(23)20-12-16(22)17-5-4-10-24-17/h4-10,15-16,22H,11-12H2,1-3H3,(H2,19,20,23). The highest BCUT2D eigenvalue weighted by molar-refractivity contribution is 5.73. The van der Waals surface area contributed by atoms with Crippen LogP contribution < -0.4 is 10.6 Å². The van der Waals surface area contributed by atoms with E-state index in [1.54, 1.807) is 12.1 Å². The van der Waals surface area contributed by atoms with Gasteiger partial charge in [0.15, 0.2) is 0 Å². The SMILES string of the molecule is Cc1ccc(C(CNC(=O)NCC(O)c2ccco2)N(C)C)cc1. The van der Waals surface area contributed by atoms with Crippen LogP contribution in [0.1, 0.15) is 29.0 Å². The molecule has 1 aromatic carbocycles. The average Bonchev–Trinajstić information content (AvgIpc) is 3.08. The summed E-state index contributed by atoms with van der Waals surface area (Å²) in [6.07, 6.45) is 0.634. The van der Waals surface area contributed by atoms with Gasteiger partial charge in [-0.05, 0) is 38.7 Å². The van der Waals surface area contributed by atoms with E-state index in [0.717, 1.165) is 5.56 Å². The lowest BCUT2D eigenvalue weighted by Crippen LogP contribution is -2.41. The van der Waals surface area contributed by atoms with Crippen molar-refractivity contribution in [2.75, 3.05) is 27.2 Å². The molecule has 1 heterocycles. The molecule has 0 bridgehead atoms. The van der Waals surface area contributed by atoms with Gasteiger partial charge in [0.2, 0.25) is 0 Å². The van der Waals surface area contributed by atoms with Crippen molar-refractivity contribution < 1.29 is 14.3 Å². The van der Waals surface area contributed by atoms with Crippen LogP contribution in [0.5, 0.6) is 0 Å². The molecule has 0 aliphatic carbocycles. The maximum Gasteiger partial charge on any atom is 0.314 e. The molecule has 0 saturated heterocycles. The zero-order valence-corrected chi connectivity index (χ0v) is 14.3. The summed E-state index contributed by atoms with van der Waals surface area (Å²) < 4.78 is 5.10. The lowest BCUT2D eigenvalue weighted by atomic mass is 10.0. The number of hydrogen-bond acceptors (Lipinski definition) is 4. The third kappa shape index (κ3) is 5.11. The number of hydrogen-bond donors (Lipinski definition) is 3. The summed E-state index contributed by atoms with van der Waals surface area (Å²) >= 11 is 0. The van der Waals surface area contributed by atoms with Crippen LogP contribution in [0.2, 0.25) is 0 Å². The number of rotatable bonds is 7. The van der Waals surface area contributed by atoms with E-state index in [1.165, 1.54) is 11.8 Å². The van der Waals surface area contributed by atoms with Gasteiger partial charge in [-0.2, -0.15) is 0 Å². The quantitative estimate of drug-likeness (QED) is 0.727. The molecular weight excluding hydrogens is 306 g/mol. The maximum atomic E-state index is 11.9. The minimum atomic E-state index is -0.854. The molecule has 0 aliphatic heterocycles. The van der Waals surface area contributed by atoms with E-state index in [-0.39, 0.29) is 18.6 Å². The second-order valence-electron chi connectivity index (χ2n) is 6.01. The van der Waals surface area contributed by atoms with E-state index in [4.69, 9.17) is 4.42 Å². The summed E-state index contributed by atoms with van der Waals surface area (Å²) in [5.74, 6) is 0.432. The summed E-state index contributed by atoms with van der Waals surface area (Å²) in [5, 5.41) is 15.4. The molecule has 3 N–H and O–H groups in total. The Balaban J connectivity index is 1.83. The number of furan rings is 1. The highest BCUT2D eigenvalue weighted by Crippen LogP contribution is 2.18. The van der Waals surface area contributed by atoms with E-state index >= 15 is 0 Å². The monoisotopic (exact) mass is 331 g/mol. The van der Waals surface area contributed by atoms with E-state index in [9.17, 15) is 9.90 Å². The molecule has 2 atom stereocenters. The molecule has 0 spiro atoms. The number of urea groups is 1. The van der Waals surface area contributed by atoms with E-state index < -0.39 is 6.10 Å². The Hall–Kier alpha value is -2.31. The fourth-order valence-electron chi connectivity index (χ4n) is 2.41. The van der Waals surface area contributed by atoms with Gasteiger partial charge in [-0.15, -0.1) is 0 Å². The Bertz CT molecular complexity index is 623. The third-order valence-corrected chi connectivity index (χ3v) is 3.87. The molecular formula is C18H25N3O3. The van der Waals surface area contributed by atoms with Crippen LogP contribution in [0.25, 0.3) is 0 Å². The summed E-state index contributed by atoms with van der Waals surface area (Å²) in [6.45, 7) is 2.61. The molecule has 0 fully saturated rings. The Labute approximate surface area is 142 Å².